The molecular weight excluding hydrogens is 232 g/mol. The van der Waals surface area contributed by atoms with Crippen molar-refractivity contribution >= 4 is 17.9 Å². The summed E-state index contributed by atoms with van der Waals surface area (Å²) < 4.78 is 5.26. The van der Waals surface area contributed by atoms with E-state index in [4.69, 9.17) is 20.1 Å². The van der Waals surface area contributed by atoms with Crippen LogP contribution >= 0.6 is 0 Å². The maximum atomic E-state index is 11.1. The lowest BCUT2D eigenvalue weighted by Crippen LogP contribution is -2.44. The highest BCUT2D eigenvalue weighted by atomic mass is 16.5. The zero-order chi connectivity index (χ0) is 12.8. The van der Waals surface area contributed by atoms with Crippen molar-refractivity contribution in [1.82, 2.24) is 0 Å². The molecule has 4 atom stereocenters. The Kier molecular flexibility index (Phi) is 2.43. The van der Waals surface area contributed by atoms with Crippen molar-refractivity contribution in [2.45, 2.75) is 18.1 Å². The number of carboxylic acid groups (broad SMARTS) is 3. The molecule has 2 aliphatic heterocycles. The van der Waals surface area contributed by atoms with Gasteiger partial charge in [-0.2, -0.15) is 0 Å². The van der Waals surface area contributed by atoms with Crippen LogP contribution in [0.2, 0.25) is 0 Å². The lowest BCUT2D eigenvalue weighted by molar-refractivity contribution is -0.156. The van der Waals surface area contributed by atoms with Crippen LogP contribution in [0.1, 0.15) is 6.42 Å². The number of carboxylic acids is 3. The number of carbonyl (C=O) groups is 3. The molecule has 0 aromatic heterocycles. The fourth-order valence-corrected chi connectivity index (χ4v) is 2.55. The lowest BCUT2D eigenvalue weighted by atomic mass is 9.74. The zero-order valence-electron chi connectivity index (χ0n) is 8.57. The van der Waals surface area contributed by atoms with Crippen molar-refractivity contribution in [3.05, 3.63) is 12.2 Å². The Balaban J connectivity index is 2.40. The van der Waals surface area contributed by atoms with Gasteiger partial charge in [0.05, 0.1) is 12.5 Å². The Labute approximate surface area is 95.3 Å². The Morgan fingerprint density at radius 2 is 1.82 bits per heavy atom. The van der Waals surface area contributed by atoms with Crippen LogP contribution in [0.3, 0.4) is 0 Å². The fourth-order valence-electron chi connectivity index (χ4n) is 2.55. The van der Waals surface area contributed by atoms with Gasteiger partial charge in [0.25, 0.3) is 0 Å². The Morgan fingerprint density at radius 1 is 1.18 bits per heavy atom. The van der Waals surface area contributed by atoms with Gasteiger partial charge in [-0.25, -0.2) is 0 Å². The SMILES string of the molecule is O=C(O)CC12C=CC(O1)C(C(=O)O)C2C(=O)O. The van der Waals surface area contributed by atoms with E-state index in [-0.39, 0.29) is 0 Å². The van der Waals surface area contributed by atoms with Crippen LogP contribution in [0.25, 0.3) is 0 Å². The summed E-state index contributed by atoms with van der Waals surface area (Å²) in [5.74, 6) is -6.49. The summed E-state index contributed by atoms with van der Waals surface area (Å²) in [5.41, 5.74) is -1.54. The Hall–Kier alpha value is -1.89. The number of hydrogen-bond acceptors (Lipinski definition) is 4. The topological polar surface area (TPSA) is 121 Å². The number of aliphatic carboxylic acids is 3. The molecule has 0 spiro atoms. The minimum Gasteiger partial charge on any atom is -0.481 e. The number of ether oxygens (including phenoxy) is 1. The lowest BCUT2D eigenvalue weighted by Gasteiger charge is -2.27. The molecule has 92 valence electrons. The van der Waals surface area contributed by atoms with E-state index in [2.05, 4.69) is 0 Å². The molecule has 0 aromatic rings. The number of hydrogen-bond donors (Lipinski definition) is 3. The van der Waals surface area contributed by atoms with Crippen LogP contribution in [0, 0.1) is 11.8 Å². The van der Waals surface area contributed by atoms with Crippen LogP contribution < -0.4 is 0 Å². The molecule has 0 aliphatic carbocycles. The minimum atomic E-state index is -1.54. The monoisotopic (exact) mass is 242 g/mol. The van der Waals surface area contributed by atoms with E-state index in [1.807, 2.05) is 0 Å². The summed E-state index contributed by atoms with van der Waals surface area (Å²) in [5, 5.41) is 26.8. The molecule has 2 bridgehead atoms. The largest absolute Gasteiger partial charge is 0.481 e. The summed E-state index contributed by atoms with van der Waals surface area (Å²) in [6, 6.07) is 0. The van der Waals surface area contributed by atoms with E-state index in [1.165, 1.54) is 12.2 Å². The smallest absolute Gasteiger partial charge is 0.310 e. The van der Waals surface area contributed by atoms with Gasteiger partial charge in [-0.05, 0) is 0 Å². The third-order valence-corrected chi connectivity index (χ3v) is 3.14. The maximum absolute atomic E-state index is 11.1. The molecule has 1 fully saturated rings. The van der Waals surface area contributed by atoms with Crippen molar-refractivity contribution in [1.29, 1.82) is 0 Å². The molecule has 0 saturated carbocycles. The van der Waals surface area contributed by atoms with Gasteiger partial charge in [-0.15, -0.1) is 0 Å². The Morgan fingerprint density at radius 3 is 2.29 bits per heavy atom. The van der Waals surface area contributed by atoms with E-state index in [1.54, 1.807) is 0 Å². The van der Waals surface area contributed by atoms with Gasteiger partial charge in [0.2, 0.25) is 0 Å². The van der Waals surface area contributed by atoms with Crippen molar-refractivity contribution < 1.29 is 34.4 Å². The van der Waals surface area contributed by atoms with Crippen LogP contribution in [-0.2, 0) is 19.1 Å². The fraction of sp³-hybridized carbons (Fsp3) is 0.500. The van der Waals surface area contributed by atoms with Crippen LogP contribution in [-0.4, -0.2) is 44.9 Å². The zero-order valence-corrected chi connectivity index (χ0v) is 8.57. The standard InChI is InChI=1S/C10H10O7/c11-5(12)3-10-2-1-4(17-10)6(8(13)14)7(10)9(15)16/h1-2,4,6-7H,3H2,(H,11,12)(H,13,14)(H,15,16). The predicted octanol–water partition coefficient (Wildman–Crippen LogP) is -0.430. The molecule has 7 nitrogen and oxygen atoms in total. The molecule has 2 rings (SSSR count). The average molecular weight is 242 g/mol. The molecule has 0 aromatic carbocycles. The Bertz CT molecular complexity index is 426. The van der Waals surface area contributed by atoms with Crippen LogP contribution in [0.4, 0.5) is 0 Å². The molecule has 1 saturated heterocycles. The van der Waals surface area contributed by atoms with Crippen LogP contribution in [0.15, 0.2) is 12.2 Å². The summed E-state index contributed by atoms with van der Waals surface area (Å²) >= 11 is 0. The highest BCUT2D eigenvalue weighted by Gasteiger charge is 2.63. The maximum Gasteiger partial charge on any atom is 0.310 e. The van der Waals surface area contributed by atoms with Crippen LogP contribution in [0.5, 0.6) is 0 Å². The third-order valence-electron chi connectivity index (χ3n) is 3.14. The summed E-state index contributed by atoms with van der Waals surface area (Å²) in [4.78, 5) is 32.9. The van der Waals surface area contributed by atoms with Gasteiger partial charge in [0, 0.05) is 0 Å². The predicted molar refractivity (Wildman–Crippen MR) is 51.2 cm³/mol. The molecule has 3 N–H and O–H groups in total. The van der Waals surface area contributed by atoms with Crippen molar-refractivity contribution in [3.63, 3.8) is 0 Å². The van der Waals surface area contributed by atoms with Crippen molar-refractivity contribution in [2.75, 3.05) is 0 Å². The normalized spacial score (nSPS) is 38.2. The first kappa shape index (κ1) is 11.6. The third kappa shape index (κ3) is 1.59. The summed E-state index contributed by atoms with van der Waals surface area (Å²) in [6.07, 6.45) is 1.35. The van der Waals surface area contributed by atoms with Gasteiger partial charge in [0.15, 0.2) is 0 Å². The first-order valence-electron chi connectivity index (χ1n) is 4.92. The van der Waals surface area contributed by atoms with Gasteiger partial charge in [-0.3, -0.25) is 14.4 Å². The molecule has 2 aliphatic rings. The second-order valence-corrected chi connectivity index (χ2v) is 4.15. The minimum absolute atomic E-state index is 0.555. The average Bonchev–Trinajstić information content (AvgIpc) is 2.69. The highest BCUT2D eigenvalue weighted by molar-refractivity contribution is 5.85. The van der Waals surface area contributed by atoms with E-state index in [0.29, 0.717) is 0 Å². The molecule has 7 heteroatoms. The molecule has 2 heterocycles. The first-order valence-corrected chi connectivity index (χ1v) is 4.92. The van der Waals surface area contributed by atoms with Gasteiger partial charge in [0.1, 0.15) is 17.4 Å². The van der Waals surface area contributed by atoms with E-state index < -0.39 is 47.9 Å². The quantitative estimate of drug-likeness (QED) is 0.572. The molecular formula is C10H10O7. The van der Waals surface area contributed by atoms with E-state index in [0.717, 1.165) is 0 Å². The molecule has 0 amide bonds. The molecule has 4 unspecified atom stereocenters. The second-order valence-electron chi connectivity index (χ2n) is 4.15. The molecule has 17 heavy (non-hydrogen) atoms. The van der Waals surface area contributed by atoms with E-state index in [9.17, 15) is 14.4 Å². The van der Waals surface area contributed by atoms with Gasteiger partial charge < -0.3 is 20.1 Å². The van der Waals surface area contributed by atoms with Gasteiger partial charge in [-0.1, -0.05) is 12.2 Å². The first-order chi connectivity index (χ1) is 7.87. The number of rotatable bonds is 4. The summed E-state index contributed by atoms with van der Waals surface area (Å²) in [7, 11) is 0. The highest BCUT2D eigenvalue weighted by Crippen LogP contribution is 2.49. The van der Waals surface area contributed by atoms with Gasteiger partial charge >= 0.3 is 17.9 Å². The van der Waals surface area contributed by atoms with Crippen molar-refractivity contribution in [3.8, 4) is 0 Å². The van der Waals surface area contributed by atoms with E-state index >= 15 is 0 Å². The van der Waals surface area contributed by atoms with Crippen molar-refractivity contribution in [2.24, 2.45) is 11.8 Å². The number of fused-ring (bicyclic) bond motifs is 2. The molecule has 0 radical (unpaired) electrons. The summed E-state index contributed by atoms with van der Waals surface area (Å²) in [6.45, 7) is 0. The second kappa shape index (κ2) is 3.56.